The van der Waals surface area contributed by atoms with Crippen LogP contribution in [0.3, 0.4) is 0 Å². The lowest BCUT2D eigenvalue weighted by molar-refractivity contribution is -0.146. The molecule has 0 aromatic heterocycles. The second-order valence-electron chi connectivity index (χ2n) is 5.35. The lowest BCUT2D eigenvalue weighted by atomic mass is 9.83. The minimum Gasteiger partial charge on any atom is -0.481 e. The van der Waals surface area contributed by atoms with Crippen LogP contribution in [0.15, 0.2) is 0 Å². The molecule has 4 unspecified atom stereocenters. The molecule has 5 nitrogen and oxygen atoms in total. The molecule has 2 aliphatic carbocycles. The van der Waals surface area contributed by atoms with E-state index in [-0.39, 0.29) is 24.0 Å². The largest absolute Gasteiger partial charge is 0.481 e. The van der Waals surface area contributed by atoms with Gasteiger partial charge in [-0.1, -0.05) is 0 Å². The predicted molar refractivity (Wildman–Crippen MR) is 58.4 cm³/mol. The highest BCUT2D eigenvalue weighted by Crippen LogP contribution is 2.50. The van der Waals surface area contributed by atoms with Crippen LogP contribution in [0.2, 0.25) is 0 Å². The molecular formula is C12H17NO4. The summed E-state index contributed by atoms with van der Waals surface area (Å²) < 4.78 is 5.03. The molecule has 1 aliphatic heterocycles. The summed E-state index contributed by atoms with van der Waals surface area (Å²) in [6.07, 6.45) is 3.52. The van der Waals surface area contributed by atoms with E-state index in [1.54, 1.807) is 4.90 Å². The normalized spacial score (nSPS) is 40.5. The number of hydrogen-bond acceptors (Lipinski definition) is 3. The van der Waals surface area contributed by atoms with Crippen LogP contribution in [0, 0.1) is 17.8 Å². The van der Waals surface area contributed by atoms with Crippen molar-refractivity contribution in [3.8, 4) is 0 Å². The van der Waals surface area contributed by atoms with Gasteiger partial charge in [-0.3, -0.25) is 4.79 Å². The number of rotatable bonds is 2. The van der Waals surface area contributed by atoms with Gasteiger partial charge in [-0.2, -0.15) is 0 Å². The van der Waals surface area contributed by atoms with E-state index in [4.69, 9.17) is 4.74 Å². The first kappa shape index (κ1) is 10.9. The van der Waals surface area contributed by atoms with Gasteiger partial charge in [0.15, 0.2) is 0 Å². The number of ether oxygens (including phenoxy) is 1. The molecular weight excluding hydrogens is 222 g/mol. The maximum absolute atomic E-state index is 11.7. The van der Waals surface area contributed by atoms with Crippen LogP contribution in [0.4, 0.5) is 4.79 Å². The van der Waals surface area contributed by atoms with Crippen molar-refractivity contribution in [3.63, 3.8) is 0 Å². The Hall–Kier alpha value is -1.26. The molecule has 1 heterocycles. The van der Waals surface area contributed by atoms with E-state index in [1.807, 2.05) is 0 Å². The Kier molecular flexibility index (Phi) is 2.49. The quantitative estimate of drug-likeness (QED) is 0.789. The van der Waals surface area contributed by atoms with Crippen LogP contribution in [-0.2, 0) is 9.53 Å². The topological polar surface area (TPSA) is 66.8 Å². The molecule has 0 radical (unpaired) electrons. The Bertz CT molecular complexity index is 356. The van der Waals surface area contributed by atoms with Gasteiger partial charge in [0, 0.05) is 6.54 Å². The lowest BCUT2D eigenvalue weighted by Crippen LogP contribution is -2.52. The van der Waals surface area contributed by atoms with E-state index in [9.17, 15) is 14.7 Å². The summed E-state index contributed by atoms with van der Waals surface area (Å²) in [7, 11) is 0. The van der Waals surface area contributed by atoms with Crippen molar-refractivity contribution in [2.75, 3.05) is 13.2 Å². The number of nitrogens with zero attached hydrogens (tertiary/aromatic N) is 1. The number of carbonyl (C=O) groups excluding carboxylic acids is 1. The van der Waals surface area contributed by atoms with Crippen molar-refractivity contribution in [1.82, 2.24) is 4.90 Å². The smallest absolute Gasteiger partial charge is 0.410 e. The number of fused-ring (bicyclic) bond motifs is 2. The highest BCUT2D eigenvalue weighted by molar-refractivity contribution is 5.75. The predicted octanol–water partition coefficient (Wildman–Crippen LogP) is 1.33. The highest BCUT2D eigenvalue weighted by Gasteiger charge is 2.54. The maximum atomic E-state index is 11.7. The molecule has 0 spiro atoms. The number of carbonyl (C=O) groups is 2. The van der Waals surface area contributed by atoms with Gasteiger partial charge in [0.1, 0.15) is 0 Å². The van der Waals surface area contributed by atoms with Crippen molar-refractivity contribution in [2.45, 2.75) is 31.7 Å². The van der Waals surface area contributed by atoms with Gasteiger partial charge in [0.2, 0.25) is 0 Å². The fraction of sp³-hybridized carbons (Fsp3) is 0.833. The molecule has 1 saturated heterocycles. The maximum Gasteiger partial charge on any atom is 0.410 e. The van der Waals surface area contributed by atoms with E-state index in [2.05, 4.69) is 0 Å². The minimum atomic E-state index is -0.749. The van der Waals surface area contributed by atoms with Crippen LogP contribution >= 0.6 is 0 Å². The summed E-state index contributed by atoms with van der Waals surface area (Å²) in [6, 6.07) is -0.126. The molecule has 3 aliphatic rings. The van der Waals surface area contributed by atoms with E-state index >= 15 is 0 Å². The first-order chi connectivity index (χ1) is 8.18. The number of cyclic esters (lactones) is 1. The third-order valence-corrected chi connectivity index (χ3v) is 4.52. The second kappa shape index (κ2) is 3.89. The van der Waals surface area contributed by atoms with Crippen molar-refractivity contribution in [2.24, 2.45) is 17.8 Å². The number of carboxylic acids is 1. The zero-order chi connectivity index (χ0) is 12.0. The van der Waals surface area contributed by atoms with Crippen LogP contribution < -0.4 is 0 Å². The molecule has 3 fully saturated rings. The first-order valence-corrected chi connectivity index (χ1v) is 6.34. The molecule has 0 aromatic rings. The number of amides is 1. The summed E-state index contributed by atoms with van der Waals surface area (Å²) in [5.74, 6) is -0.496. The van der Waals surface area contributed by atoms with E-state index in [0.717, 1.165) is 25.7 Å². The van der Waals surface area contributed by atoms with Gasteiger partial charge in [0.25, 0.3) is 0 Å². The summed E-state index contributed by atoms with van der Waals surface area (Å²) in [4.78, 5) is 24.8. The van der Waals surface area contributed by atoms with Gasteiger partial charge in [-0.25, -0.2) is 4.79 Å². The molecule has 2 bridgehead atoms. The molecule has 1 N–H and O–H groups in total. The lowest BCUT2D eigenvalue weighted by Gasteiger charge is -2.39. The molecule has 4 atom stereocenters. The number of aliphatic carboxylic acids is 1. The highest BCUT2D eigenvalue weighted by atomic mass is 16.6. The Balaban J connectivity index is 1.85. The molecule has 3 rings (SSSR count). The van der Waals surface area contributed by atoms with Crippen LogP contribution in [0.5, 0.6) is 0 Å². The van der Waals surface area contributed by atoms with E-state index in [1.165, 1.54) is 0 Å². The standard InChI is InChI=1S/C12H17NO4/c14-11(15)9-7-2-3-8(6-7)10(9)13-4-1-5-17-12(13)16/h7-10H,1-6H2,(H,14,15). The Morgan fingerprint density at radius 3 is 2.82 bits per heavy atom. The Morgan fingerprint density at radius 2 is 2.12 bits per heavy atom. The third-order valence-electron chi connectivity index (χ3n) is 4.52. The van der Waals surface area contributed by atoms with Gasteiger partial charge in [0.05, 0.1) is 18.6 Å². The Morgan fingerprint density at radius 1 is 1.35 bits per heavy atom. The van der Waals surface area contributed by atoms with Crippen molar-refractivity contribution < 1.29 is 19.4 Å². The van der Waals surface area contributed by atoms with Gasteiger partial charge in [-0.05, 0) is 37.5 Å². The second-order valence-corrected chi connectivity index (χ2v) is 5.35. The fourth-order valence-electron chi connectivity index (χ4n) is 3.90. The first-order valence-electron chi connectivity index (χ1n) is 6.34. The average Bonchev–Trinajstić information content (AvgIpc) is 2.89. The van der Waals surface area contributed by atoms with Gasteiger partial charge >= 0.3 is 12.1 Å². The monoisotopic (exact) mass is 239 g/mol. The summed E-state index contributed by atoms with van der Waals surface area (Å²) >= 11 is 0. The molecule has 94 valence electrons. The van der Waals surface area contributed by atoms with Gasteiger partial charge in [-0.15, -0.1) is 0 Å². The Labute approximate surface area is 99.7 Å². The molecule has 1 amide bonds. The van der Waals surface area contributed by atoms with Crippen molar-refractivity contribution in [1.29, 1.82) is 0 Å². The summed E-state index contributed by atoms with van der Waals surface area (Å²) in [5.41, 5.74) is 0. The molecule has 5 heteroatoms. The van der Waals surface area contributed by atoms with Crippen molar-refractivity contribution >= 4 is 12.1 Å². The van der Waals surface area contributed by atoms with Gasteiger partial charge < -0.3 is 14.7 Å². The molecule has 17 heavy (non-hydrogen) atoms. The SMILES string of the molecule is O=C(O)C1C2CCC(C2)C1N1CCCOC1=O. The van der Waals surface area contributed by atoms with E-state index < -0.39 is 5.97 Å². The number of hydrogen-bond donors (Lipinski definition) is 1. The van der Waals surface area contributed by atoms with Crippen molar-refractivity contribution in [3.05, 3.63) is 0 Å². The zero-order valence-corrected chi connectivity index (χ0v) is 9.67. The molecule has 2 saturated carbocycles. The zero-order valence-electron chi connectivity index (χ0n) is 9.67. The van der Waals surface area contributed by atoms with E-state index in [0.29, 0.717) is 19.1 Å². The average molecular weight is 239 g/mol. The number of carboxylic acid groups (broad SMARTS) is 1. The minimum absolute atomic E-state index is 0.126. The van der Waals surface area contributed by atoms with Crippen LogP contribution in [0.25, 0.3) is 0 Å². The van der Waals surface area contributed by atoms with Crippen LogP contribution in [0.1, 0.15) is 25.7 Å². The third kappa shape index (κ3) is 1.59. The van der Waals surface area contributed by atoms with Crippen LogP contribution in [-0.4, -0.2) is 41.3 Å². The molecule has 0 aromatic carbocycles. The fourth-order valence-corrected chi connectivity index (χ4v) is 3.90. The summed E-state index contributed by atoms with van der Waals surface area (Å²) in [6.45, 7) is 1.12. The summed E-state index contributed by atoms with van der Waals surface area (Å²) in [5, 5.41) is 9.34.